The highest BCUT2D eigenvalue weighted by molar-refractivity contribution is 7.93. The first-order chi connectivity index (χ1) is 17.4. The Hall–Kier alpha value is -3.79. The van der Waals surface area contributed by atoms with Gasteiger partial charge in [0.05, 0.1) is 45.0 Å². The number of esters is 1. The summed E-state index contributed by atoms with van der Waals surface area (Å²) < 4.78 is 137. The number of sulfonamides is 2. The Balaban J connectivity index is 2.00. The minimum atomic E-state index is -4.73. The van der Waals surface area contributed by atoms with Gasteiger partial charge in [0.15, 0.2) is 0 Å². The van der Waals surface area contributed by atoms with Crippen LogP contribution in [-0.2, 0) is 37.1 Å². The van der Waals surface area contributed by atoms with E-state index in [4.69, 9.17) is 0 Å². The van der Waals surface area contributed by atoms with Gasteiger partial charge in [-0.05, 0) is 66.7 Å². The van der Waals surface area contributed by atoms with E-state index in [-0.39, 0.29) is 5.56 Å². The van der Waals surface area contributed by atoms with Gasteiger partial charge in [-0.1, -0.05) is 0 Å². The summed E-state index contributed by atoms with van der Waals surface area (Å²) in [6.45, 7) is 0. The SMILES string of the molecule is COC(=O)c1ccc(NS(=O)(=O)c2ccc(C(F)(F)F)cc2)c(NS(=O)(=O)c2ccc(C(F)(F)F)cc2)c1. The monoisotopic (exact) mass is 582 g/mol. The molecule has 0 fully saturated rings. The van der Waals surface area contributed by atoms with Crippen molar-refractivity contribution in [3.63, 3.8) is 0 Å². The van der Waals surface area contributed by atoms with E-state index >= 15 is 0 Å². The first kappa shape index (κ1) is 28.8. The minimum absolute atomic E-state index is 0.227. The van der Waals surface area contributed by atoms with Crippen LogP contribution < -0.4 is 9.44 Å². The molecule has 204 valence electrons. The number of halogens is 6. The second kappa shape index (κ2) is 10.2. The van der Waals surface area contributed by atoms with Crippen LogP contribution in [-0.4, -0.2) is 29.9 Å². The maximum atomic E-state index is 12.8. The Morgan fingerprint density at radius 2 is 1.05 bits per heavy atom. The first-order valence-electron chi connectivity index (χ1n) is 10.1. The third-order valence-corrected chi connectivity index (χ3v) is 7.68. The van der Waals surface area contributed by atoms with Crippen molar-refractivity contribution in [1.82, 2.24) is 0 Å². The van der Waals surface area contributed by atoms with Crippen LogP contribution in [0.15, 0.2) is 76.5 Å². The van der Waals surface area contributed by atoms with Crippen molar-refractivity contribution >= 4 is 37.4 Å². The fourth-order valence-electron chi connectivity index (χ4n) is 3.02. The third-order valence-electron chi connectivity index (χ3n) is 4.91. The zero-order valence-corrected chi connectivity index (χ0v) is 20.5. The van der Waals surface area contributed by atoms with Gasteiger partial charge >= 0.3 is 18.3 Å². The van der Waals surface area contributed by atoms with Gasteiger partial charge in [-0.3, -0.25) is 9.44 Å². The van der Waals surface area contributed by atoms with E-state index in [0.717, 1.165) is 25.3 Å². The maximum absolute atomic E-state index is 12.8. The molecule has 0 aliphatic heterocycles. The highest BCUT2D eigenvalue weighted by Crippen LogP contribution is 2.33. The predicted octanol–water partition coefficient (Wildman–Crippen LogP) is 5.11. The number of carbonyl (C=O) groups is 1. The molecule has 8 nitrogen and oxygen atoms in total. The number of hydrogen-bond acceptors (Lipinski definition) is 6. The normalized spacial score (nSPS) is 12.6. The lowest BCUT2D eigenvalue weighted by atomic mass is 10.2. The Morgan fingerprint density at radius 3 is 1.42 bits per heavy atom. The van der Waals surface area contributed by atoms with Crippen molar-refractivity contribution < 1.29 is 52.7 Å². The van der Waals surface area contributed by atoms with Crippen LogP contribution in [0.5, 0.6) is 0 Å². The molecule has 0 amide bonds. The summed E-state index contributed by atoms with van der Waals surface area (Å²) >= 11 is 0. The van der Waals surface area contributed by atoms with Gasteiger partial charge in [0.2, 0.25) is 0 Å². The molecule has 2 N–H and O–H groups in total. The second-order valence-corrected chi connectivity index (χ2v) is 10.9. The Bertz CT molecular complexity index is 1550. The Kier molecular flexibility index (Phi) is 7.70. The van der Waals surface area contributed by atoms with Gasteiger partial charge in [-0.15, -0.1) is 0 Å². The molecule has 3 aromatic carbocycles. The van der Waals surface area contributed by atoms with Crippen molar-refractivity contribution in [1.29, 1.82) is 0 Å². The molecule has 0 bridgehead atoms. The highest BCUT2D eigenvalue weighted by atomic mass is 32.2. The fraction of sp³-hybridized carbons (Fsp3) is 0.136. The number of rotatable bonds is 7. The molecule has 0 spiro atoms. The summed E-state index contributed by atoms with van der Waals surface area (Å²) in [6.07, 6.45) is -9.45. The molecule has 0 saturated heterocycles. The molecule has 0 radical (unpaired) electrons. The summed E-state index contributed by atoms with van der Waals surface area (Å²) in [4.78, 5) is 10.7. The van der Waals surface area contributed by atoms with E-state index in [1.54, 1.807) is 0 Å². The van der Waals surface area contributed by atoms with Gasteiger partial charge < -0.3 is 4.74 Å². The van der Waals surface area contributed by atoms with E-state index < -0.39 is 70.7 Å². The van der Waals surface area contributed by atoms with Gasteiger partial charge in [-0.2, -0.15) is 26.3 Å². The summed E-state index contributed by atoms with van der Waals surface area (Å²) in [5.74, 6) is -0.933. The molecule has 0 unspecified atom stereocenters. The van der Waals surface area contributed by atoms with Crippen molar-refractivity contribution in [2.24, 2.45) is 0 Å². The standard InChI is InChI=1S/C22H16F6N2O6S2/c1-36-20(31)13-2-11-18(29-37(32,33)16-7-3-14(4-8-16)21(23,24)25)19(12-13)30-38(34,35)17-9-5-15(6-10-17)22(26,27)28/h2-12,29-30H,1H3. The molecule has 3 rings (SSSR count). The van der Waals surface area contributed by atoms with Crippen LogP contribution in [0, 0.1) is 0 Å². The molecule has 16 heteroatoms. The largest absolute Gasteiger partial charge is 0.465 e. The number of anilines is 2. The van der Waals surface area contributed by atoms with Gasteiger partial charge in [-0.25, -0.2) is 21.6 Å². The lowest BCUT2D eigenvalue weighted by Crippen LogP contribution is -2.18. The molecule has 0 atom stereocenters. The number of benzene rings is 3. The fourth-order valence-corrected chi connectivity index (χ4v) is 5.17. The lowest BCUT2D eigenvalue weighted by molar-refractivity contribution is -0.138. The molecule has 0 aliphatic carbocycles. The number of hydrogen-bond donors (Lipinski definition) is 2. The van der Waals surface area contributed by atoms with E-state index in [1.807, 2.05) is 9.44 Å². The number of methoxy groups -OCH3 is 1. The first-order valence-corrected chi connectivity index (χ1v) is 13.0. The van der Waals surface area contributed by atoms with Crippen LogP contribution in [0.4, 0.5) is 37.7 Å². The molecule has 0 saturated carbocycles. The molecule has 38 heavy (non-hydrogen) atoms. The van der Waals surface area contributed by atoms with E-state index in [0.29, 0.717) is 48.5 Å². The molecule has 0 heterocycles. The summed E-state index contributed by atoms with van der Waals surface area (Å²) in [5, 5.41) is 0. The highest BCUT2D eigenvalue weighted by Gasteiger charge is 2.32. The molecule has 3 aromatic rings. The molecular weight excluding hydrogens is 566 g/mol. The van der Waals surface area contributed by atoms with Crippen molar-refractivity contribution in [3.8, 4) is 0 Å². The zero-order chi connectivity index (χ0) is 28.5. The lowest BCUT2D eigenvalue weighted by Gasteiger charge is -2.16. The zero-order valence-electron chi connectivity index (χ0n) is 18.9. The average molecular weight is 583 g/mol. The second-order valence-electron chi connectivity index (χ2n) is 7.51. The number of nitrogens with one attached hydrogen (secondary N) is 2. The number of carbonyl (C=O) groups excluding carboxylic acids is 1. The molecule has 0 aromatic heterocycles. The van der Waals surface area contributed by atoms with E-state index in [9.17, 15) is 48.0 Å². The van der Waals surface area contributed by atoms with Gasteiger partial charge in [0, 0.05) is 0 Å². The molecular formula is C22H16F6N2O6S2. The van der Waals surface area contributed by atoms with E-state index in [2.05, 4.69) is 4.74 Å². The van der Waals surface area contributed by atoms with Gasteiger partial charge in [0.25, 0.3) is 20.0 Å². The van der Waals surface area contributed by atoms with Crippen molar-refractivity contribution in [2.45, 2.75) is 22.1 Å². The van der Waals surface area contributed by atoms with E-state index in [1.165, 1.54) is 0 Å². The van der Waals surface area contributed by atoms with Crippen LogP contribution in [0.3, 0.4) is 0 Å². The maximum Gasteiger partial charge on any atom is 0.416 e. The average Bonchev–Trinajstić information content (AvgIpc) is 2.83. The van der Waals surface area contributed by atoms with Crippen molar-refractivity contribution in [2.75, 3.05) is 16.6 Å². The predicted molar refractivity (Wildman–Crippen MR) is 122 cm³/mol. The number of ether oxygens (including phenoxy) is 1. The third kappa shape index (κ3) is 6.55. The van der Waals surface area contributed by atoms with Crippen LogP contribution in [0.1, 0.15) is 21.5 Å². The topological polar surface area (TPSA) is 119 Å². The minimum Gasteiger partial charge on any atom is -0.465 e. The summed E-state index contributed by atoms with van der Waals surface area (Å²) in [7, 11) is -8.17. The van der Waals surface area contributed by atoms with Crippen molar-refractivity contribution in [3.05, 3.63) is 83.4 Å². The Morgan fingerprint density at radius 1 is 0.658 bits per heavy atom. The molecule has 0 aliphatic rings. The quantitative estimate of drug-likeness (QED) is 0.295. The Labute approximate surface area is 212 Å². The van der Waals surface area contributed by atoms with Crippen LogP contribution in [0.2, 0.25) is 0 Å². The number of alkyl halides is 6. The van der Waals surface area contributed by atoms with Gasteiger partial charge in [0.1, 0.15) is 0 Å². The van der Waals surface area contributed by atoms with Crippen LogP contribution >= 0.6 is 0 Å². The smallest absolute Gasteiger partial charge is 0.416 e. The summed E-state index contributed by atoms with van der Waals surface area (Å²) in [6, 6.07) is 7.76. The van der Waals surface area contributed by atoms with Crippen LogP contribution in [0.25, 0.3) is 0 Å². The summed E-state index contributed by atoms with van der Waals surface area (Å²) in [5.41, 5.74) is -3.43.